The van der Waals surface area contributed by atoms with Crippen molar-refractivity contribution in [1.29, 1.82) is 0 Å². The van der Waals surface area contributed by atoms with Crippen molar-refractivity contribution in [2.45, 2.75) is 6.42 Å². The highest BCUT2D eigenvalue weighted by molar-refractivity contribution is 6.01. The minimum Gasteiger partial charge on any atom is -0.497 e. The number of anilines is 1. The maximum Gasteiger partial charge on any atom is 0.228 e. The maximum atomic E-state index is 12.5. The van der Waals surface area contributed by atoms with Crippen LogP contribution in [0.4, 0.5) is 5.69 Å². The van der Waals surface area contributed by atoms with Crippen LogP contribution in [0.2, 0.25) is 0 Å². The van der Waals surface area contributed by atoms with E-state index in [4.69, 9.17) is 9.47 Å². The van der Waals surface area contributed by atoms with E-state index in [1.165, 1.54) is 0 Å². The van der Waals surface area contributed by atoms with E-state index in [1.54, 1.807) is 32.5 Å². The predicted octanol–water partition coefficient (Wildman–Crippen LogP) is 3.43. The molecule has 5 nitrogen and oxygen atoms in total. The number of carbonyl (C=O) groups excluding carboxylic acids is 1. The van der Waals surface area contributed by atoms with E-state index in [2.05, 4.69) is 10.3 Å². The van der Waals surface area contributed by atoms with Crippen LogP contribution in [0.15, 0.2) is 54.7 Å². The van der Waals surface area contributed by atoms with Gasteiger partial charge in [0.1, 0.15) is 11.5 Å². The van der Waals surface area contributed by atoms with E-state index in [9.17, 15) is 4.79 Å². The average Bonchev–Trinajstić information content (AvgIpc) is 2.62. The van der Waals surface area contributed by atoms with Crippen molar-refractivity contribution < 1.29 is 14.3 Å². The molecule has 0 unspecified atom stereocenters. The van der Waals surface area contributed by atoms with Crippen molar-refractivity contribution in [2.75, 3.05) is 19.5 Å². The third-order valence-electron chi connectivity index (χ3n) is 3.76. The van der Waals surface area contributed by atoms with Crippen LogP contribution in [0.3, 0.4) is 0 Å². The molecule has 122 valence electrons. The smallest absolute Gasteiger partial charge is 0.228 e. The Labute approximate surface area is 140 Å². The molecule has 2 aromatic carbocycles. The lowest BCUT2D eigenvalue weighted by molar-refractivity contribution is -0.115. The highest BCUT2D eigenvalue weighted by Crippen LogP contribution is 2.26. The van der Waals surface area contributed by atoms with Gasteiger partial charge in [-0.3, -0.25) is 9.78 Å². The van der Waals surface area contributed by atoms with Gasteiger partial charge in [0.05, 0.1) is 31.8 Å². The summed E-state index contributed by atoms with van der Waals surface area (Å²) in [5.41, 5.74) is 2.36. The summed E-state index contributed by atoms with van der Waals surface area (Å²) in [6, 6.07) is 14.8. The number of nitrogens with one attached hydrogen (secondary N) is 1. The van der Waals surface area contributed by atoms with Crippen LogP contribution in [0.25, 0.3) is 10.9 Å². The number of rotatable bonds is 5. The van der Waals surface area contributed by atoms with Crippen molar-refractivity contribution in [3.05, 3.63) is 60.3 Å². The quantitative estimate of drug-likeness (QED) is 0.782. The number of carbonyl (C=O) groups is 1. The van der Waals surface area contributed by atoms with Gasteiger partial charge in [0.15, 0.2) is 0 Å². The number of hydrogen-bond donors (Lipinski definition) is 1. The van der Waals surface area contributed by atoms with Gasteiger partial charge in [-0.25, -0.2) is 0 Å². The summed E-state index contributed by atoms with van der Waals surface area (Å²) < 4.78 is 10.5. The van der Waals surface area contributed by atoms with Gasteiger partial charge in [-0.15, -0.1) is 0 Å². The molecule has 0 bridgehead atoms. The fourth-order valence-corrected chi connectivity index (χ4v) is 2.60. The number of fused-ring (bicyclic) bond motifs is 1. The van der Waals surface area contributed by atoms with E-state index in [0.29, 0.717) is 11.5 Å². The molecule has 0 fully saturated rings. The van der Waals surface area contributed by atoms with E-state index in [0.717, 1.165) is 22.2 Å². The van der Waals surface area contributed by atoms with E-state index >= 15 is 0 Å². The van der Waals surface area contributed by atoms with Gasteiger partial charge in [0.25, 0.3) is 0 Å². The van der Waals surface area contributed by atoms with Crippen LogP contribution >= 0.6 is 0 Å². The Bertz CT molecular complexity index is 872. The van der Waals surface area contributed by atoms with Crippen LogP contribution in [-0.4, -0.2) is 25.1 Å². The largest absolute Gasteiger partial charge is 0.497 e. The Morgan fingerprint density at radius 1 is 1.08 bits per heavy atom. The standard InChI is InChI=1S/C19H18N2O3/c1-23-14-8-9-18(24-2)13(11-14)12-19(22)21-17-7-3-6-16-15(17)5-4-10-20-16/h3-11H,12H2,1-2H3,(H,21,22). The normalized spacial score (nSPS) is 10.4. The molecule has 1 amide bonds. The second-order valence-electron chi connectivity index (χ2n) is 5.28. The first kappa shape index (κ1) is 15.8. The van der Waals surface area contributed by atoms with Crippen molar-refractivity contribution in [2.24, 2.45) is 0 Å². The third-order valence-corrected chi connectivity index (χ3v) is 3.76. The van der Waals surface area contributed by atoms with Gasteiger partial charge in [-0.2, -0.15) is 0 Å². The number of aromatic nitrogens is 1. The number of amides is 1. The summed E-state index contributed by atoms with van der Waals surface area (Å²) in [7, 11) is 3.17. The molecule has 1 aromatic heterocycles. The Morgan fingerprint density at radius 2 is 1.96 bits per heavy atom. The van der Waals surface area contributed by atoms with Gasteiger partial charge in [-0.1, -0.05) is 6.07 Å². The van der Waals surface area contributed by atoms with Crippen molar-refractivity contribution in [1.82, 2.24) is 4.98 Å². The molecule has 3 rings (SSSR count). The van der Waals surface area contributed by atoms with Gasteiger partial charge >= 0.3 is 0 Å². The zero-order valence-electron chi connectivity index (χ0n) is 13.6. The van der Waals surface area contributed by atoms with Crippen molar-refractivity contribution >= 4 is 22.5 Å². The topological polar surface area (TPSA) is 60.5 Å². The first-order valence-electron chi connectivity index (χ1n) is 7.56. The summed E-state index contributed by atoms with van der Waals surface area (Å²) in [5.74, 6) is 1.22. The fourth-order valence-electron chi connectivity index (χ4n) is 2.60. The van der Waals surface area contributed by atoms with E-state index < -0.39 is 0 Å². The van der Waals surface area contributed by atoms with E-state index in [1.807, 2.05) is 36.4 Å². The highest BCUT2D eigenvalue weighted by Gasteiger charge is 2.12. The molecule has 0 aliphatic carbocycles. The molecule has 0 radical (unpaired) electrons. The number of benzene rings is 2. The molecule has 5 heteroatoms. The molecule has 1 heterocycles. The second-order valence-corrected chi connectivity index (χ2v) is 5.28. The Hall–Kier alpha value is -3.08. The zero-order valence-corrected chi connectivity index (χ0v) is 13.6. The van der Waals surface area contributed by atoms with Gasteiger partial charge < -0.3 is 14.8 Å². The third kappa shape index (κ3) is 3.30. The fraction of sp³-hybridized carbons (Fsp3) is 0.158. The van der Waals surface area contributed by atoms with Crippen LogP contribution < -0.4 is 14.8 Å². The molecule has 1 N–H and O–H groups in total. The number of methoxy groups -OCH3 is 2. The molecule has 0 saturated heterocycles. The summed E-state index contributed by atoms with van der Waals surface area (Å²) in [5, 5.41) is 3.86. The van der Waals surface area contributed by atoms with Gasteiger partial charge in [0, 0.05) is 17.1 Å². The van der Waals surface area contributed by atoms with Crippen LogP contribution in [0.1, 0.15) is 5.56 Å². The highest BCUT2D eigenvalue weighted by atomic mass is 16.5. The summed E-state index contributed by atoms with van der Waals surface area (Å²) >= 11 is 0. The monoisotopic (exact) mass is 322 g/mol. The molecule has 3 aromatic rings. The molecule has 24 heavy (non-hydrogen) atoms. The lowest BCUT2D eigenvalue weighted by atomic mass is 10.1. The van der Waals surface area contributed by atoms with Gasteiger partial charge in [-0.05, 0) is 42.5 Å². The Balaban J connectivity index is 1.83. The lowest BCUT2D eigenvalue weighted by Crippen LogP contribution is -2.15. The maximum absolute atomic E-state index is 12.5. The number of ether oxygens (including phenoxy) is 2. The van der Waals surface area contributed by atoms with Crippen molar-refractivity contribution in [3.8, 4) is 11.5 Å². The second kappa shape index (κ2) is 7.00. The summed E-state index contributed by atoms with van der Waals surface area (Å²) in [4.78, 5) is 16.8. The summed E-state index contributed by atoms with van der Waals surface area (Å²) in [6.07, 6.45) is 1.92. The molecular formula is C19H18N2O3. The van der Waals surface area contributed by atoms with Crippen molar-refractivity contribution in [3.63, 3.8) is 0 Å². The molecule has 0 aliphatic rings. The average molecular weight is 322 g/mol. The predicted molar refractivity (Wildman–Crippen MR) is 93.6 cm³/mol. The first-order chi connectivity index (χ1) is 11.7. The lowest BCUT2D eigenvalue weighted by Gasteiger charge is -2.12. The molecule has 0 aliphatic heterocycles. The van der Waals surface area contributed by atoms with E-state index in [-0.39, 0.29) is 12.3 Å². The van der Waals surface area contributed by atoms with Crippen LogP contribution in [0.5, 0.6) is 11.5 Å². The molecule has 0 atom stereocenters. The number of pyridine rings is 1. The molecule has 0 saturated carbocycles. The minimum atomic E-state index is -0.127. The molecule has 0 spiro atoms. The Kier molecular flexibility index (Phi) is 4.61. The number of nitrogens with zero attached hydrogens (tertiary/aromatic N) is 1. The summed E-state index contributed by atoms with van der Waals surface area (Å²) in [6.45, 7) is 0. The molecular weight excluding hydrogens is 304 g/mol. The van der Waals surface area contributed by atoms with Crippen LogP contribution in [-0.2, 0) is 11.2 Å². The number of hydrogen-bond acceptors (Lipinski definition) is 4. The zero-order chi connectivity index (χ0) is 16.9. The Morgan fingerprint density at radius 3 is 2.75 bits per heavy atom. The van der Waals surface area contributed by atoms with Crippen LogP contribution in [0, 0.1) is 0 Å². The minimum absolute atomic E-state index is 0.127. The first-order valence-corrected chi connectivity index (χ1v) is 7.56. The SMILES string of the molecule is COc1ccc(OC)c(CC(=O)Nc2cccc3ncccc23)c1. The van der Waals surface area contributed by atoms with Gasteiger partial charge in [0.2, 0.25) is 5.91 Å².